The third-order valence-corrected chi connectivity index (χ3v) is 2.08. The molecule has 2 nitrogen and oxygen atoms in total. The van der Waals surface area contributed by atoms with Gasteiger partial charge >= 0.3 is 0 Å². The van der Waals surface area contributed by atoms with Gasteiger partial charge in [-0.2, -0.15) is 0 Å². The van der Waals surface area contributed by atoms with Crippen molar-refractivity contribution in [2.24, 2.45) is 0 Å². The van der Waals surface area contributed by atoms with E-state index >= 15 is 0 Å². The summed E-state index contributed by atoms with van der Waals surface area (Å²) in [5.74, 6) is 6.16. The maximum absolute atomic E-state index is 4.14. The van der Waals surface area contributed by atoms with Gasteiger partial charge in [0.25, 0.3) is 0 Å². The number of rotatable bonds is 3. The second kappa shape index (κ2) is 16.7. The summed E-state index contributed by atoms with van der Waals surface area (Å²) in [7, 11) is 0. The lowest BCUT2D eigenvalue weighted by Crippen LogP contribution is -2.22. The van der Waals surface area contributed by atoms with Crippen molar-refractivity contribution in [2.45, 2.75) is 48.0 Å². The van der Waals surface area contributed by atoms with Gasteiger partial charge in [-0.1, -0.05) is 60.0 Å². The van der Waals surface area contributed by atoms with Crippen LogP contribution < -0.4 is 0 Å². The van der Waals surface area contributed by atoms with Crippen molar-refractivity contribution in [3.05, 3.63) is 30.1 Å². The zero-order chi connectivity index (χ0) is 14.9. The van der Waals surface area contributed by atoms with Gasteiger partial charge in [-0.25, -0.2) is 4.98 Å². The van der Waals surface area contributed by atoms with Crippen molar-refractivity contribution in [3.63, 3.8) is 0 Å². The predicted octanol–water partition coefficient (Wildman–Crippen LogP) is 4.22. The zero-order valence-electron chi connectivity index (χ0n) is 13.5. The monoisotopic (exact) mass is 262 g/mol. The van der Waals surface area contributed by atoms with Crippen LogP contribution in [-0.2, 0) is 0 Å². The molecule has 0 amide bonds. The van der Waals surface area contributed by atoms with Crippen LogP contribution in [0.2, 0.25) is 0 Å². The smallest absolute Gasteiger partial charge is 0.113 e. The van der Waals surface area contributed by atoms with Crippen LogP contribution in [0.4, 0.5) is 0 Å². The summed E-state index contributed by atoms with van der Waals surface area (Å²) in [6.45, 7) is 15.5. The Morgan fingerprint density at radius 1 is 1.05 bits per heavy atom. The number of pyridine rings is 1. The largest absolute Gasteiger partial charge is 0.293 e. The van der Waals surface area contributed by atoms with Gasteiger partial charge in [-0.3, -0.25) is 4.90 Å². The molecule has 1 aromatic heterocycles. The maximum atomic E-state index is 4.14. The Balaban J connectivity index is 0. The Kier molecular flexibility index (Phi) is 17.5. The molecule has 0 aliphatic heterocycles. The van der Waals surface area contributed by atoms with Gasteiger partial charge in [0.15, 0.2) is 0 Å². The summed E-state index contributed by atoms with van der Waals surface area (Å²) >= 11 is 0. The van der Waals surface area contributed by atoms with Gasteiger partial charge in [0, 0.05) is 6.20 Å². The fourth-order valence-electron chi connectivity index (χ4n) is 1.13. The standard InChI is InChI=1S/C12H16N2.C3H8.C2H6/c1-3-14(4-2)11-7-9-12-8-5-6-10-13-12;1-3-2;1-2/h5-6,8,10H,3-4,11H2,1-2H3;3H2,1-2H3;1-2H3. The number of nitrogens with zero attached hydrogens (tertiary/aromatic N) is 2. The minimum atomic E-state index is 0.823. The molecule has 0 saturated carbocycles. The Morgan fingerprint density at radius 3 is 2.05 bits per heavy atom. The van der Waals surface area contributed by atoms with E-state index in [1.807, 2.05) is 32.0 Å². The Morgan fingerprint density at radius 2 is 1.63 bits per heavy atom. The lowest BCUT2D eigenvalue weighted by molar-refractivity contribution is 0.342. The maximum Gasteiger partial charge on any atom is 0.113 e. The first-order valence-corrected chi connectivity index (χ1v) is 7.40. The molecule has 1 heterocycles. The molecule has 19 heavy (non-hydrogen) atoms. The highest BCUT2D eigenvalue weighted by atomic mass is 15.1. The van der Waals surface area contributed by atoms with Crippen LogP contribution in [-0.4, -0.2) is 29.5 Å². The van der Waals surface area contributed by atoms with Crippen LogP contribution in [0, 0.1) is 11.8 Å². The quantitative estimate of drug-likeness (QED) is 0.758. The number of hydrogen-bond acceptors (Lipinski definition) is 2. The van der Waals surface area contributed by atoms with E-state index in [1.54, 1.807) is 6.20 Å². The third-order valence-electron chi connectivity index (χ3n) is 2.08. The topological polar surface area (TPSA) is 16.1 Å². The van der Waals surface area contributed by atoms with Crippen molar-refractivity contribution in [3.8, 4) is 11.8 Å². The SMILES string of the molecule is CC.CCC.CCN(CC)CC#Cc1ccccn1. The van der Waals surface area contributed by atoms with Gasteiger partial charge in [-0.15, -0.1) is 0 Å². The molecular formula is C17H30N2. The third kappa shape index (κ3) is 12.9. The Hall–Kier alpha value is -1.33. The van der Waals surface area contributed by atoms with Crippen molar-refractivity contribution in [2.75, 3.05) is 19.6 Å². The van der Waals surface area contributed by atoms with Crippen LogP contribution in [0.25, 0.3) is 0 Å². The molecular weight excluding hydrogens is 232 g/mol. The number of aromatic nitrogens is 1. The molecule has 1 aromatic rings. The molecule has 0 unspecified atom stereocenters. The lowest BCUT2D eigenvalue weighted by Gasteiger charge is -2.12. The first-order chi connectivity index (χ1) is 9.28. The van der Waals surface area contributed by atoms with Crippen molar-refractivity contribution in [1.29, 1.82) is 0 Å². The van der Waals surface area contributed by atoms with E-state index in [-0.39, 0.29) is 0 Å². The van der Waals surface area contributed by atoms with E-state index in [4.69, 9.17) is 0 Å². The molecule has 0 atom stereocenters. The second-order valence-corrected chi connectivity index (χ2v) is 3.69. The molecule has 0 radical (unpaired) electrons. The average Bonchev–Trinajstić information content (AvgIpc) is 2.48. The summed E-state index contributed by atoms with van der Waals surface area (Å²) < 4.78 is 0. The Labute approximate surface area is 120 Å². The fourth-order valence-corrected chi connectivity index (χ4v) is 1.13. The number of hydrogen-bond donors (Lipinski definition) is 0. The minimum Gasteiger partial charge on any atom is -0.293 e. The van der Waals surface area contributed by atoms with E-state index in [2.05, 4.69) is 49.4 Å². The second-order valence-electron chi connectivity index (χ2n) is 3.69. The van der Waals surface area contributed by atoms with E-state index < -0.39 is 0 Å². The molecule has 0 aromatic carbocycles. The molecule has 0 aliphatic carbocycles. The highest BCUT2D eigenvalue weighted by Crippen LogP contribution is 1.90. The summed E-state index contributed by atoms with van der Waals surface area (Å²) in [6, 6.07) is 5.78. The van der Waals surface area contributed by atoms with Crippen LogP contribution in [0.15, 0.2) is 24.4 Å². The molecule has 0 fully saturated rings. The van der Waals surface area contributed by atoms with Crippen molar-refractivity contribution in [1.82, 2.24) is 9.88 Å². The zero-order valence-corrected chi connectivity index (χ0v) is 13.5. The van der Waals surface area contributed by atoms with E-state index in [0.717, 1.165) is 25.3 Å². The minimum absolute atomic E-state index is 0.823. The van der Waals surface area contributed by atoms with Gasteiger partial charge < -0.3 is 0 Å². The molecule has 1 rings (SSSR count). The van der Waals surface area contributed by atoms with Crippen LogP contribution in [0.3, 0.4) is 0 Å². The van der Waals surface area contributed by atoms with Gasteiger partial charge in [-0.05, 0) is 31.1 Å². The average molecular weight is 262 g/mol. The van der Waals surface area contributed by atoms with E-state index in [0.29, 0.717) is 0 Å². The first kappa shape index (κ1) is 20.0. The molecule has 0 aliphatic rings. The van der Waals surface area contributed by atoms with Crippen molar-refractivity contribution >= 4 is 0 Å². The molecule has 0 spiro atoms. The summed E-state index contributed by atoms with van der Waals surface area (Å²) in [5.41, 5.74) is 0.847. The van der Waals surface area contributed by atoms with Gasteiger partial charge in [0.05, 0.1) is 6.54 Å². The van der Waals surface area contributed by atoms with Crippen LogP contribution >= 0.6 is 0 Å². The molecule has 0 bridgehead atoms. The highest BCUT2D eigenvalue weighted by Gasteiger charge is 1.93. The van der Waals surface area contributed by atoms with E-state index in [9.17, 15) is 0 Å². The van der Waals surface area contributed by atoms with Gasteiger partial charge in [0.2, 0.25) is 0 Å². The summed E-state index contributed by atoms with van der Waals surface area (Å²) in [6.07, 6.45) is 3.02. The Bertz CT molecular complexity index is 318. The van der Waals surface area contributed by atoms with Crippen molar-refractivity contribution < 1.29 is 0 Å². The van der Waals surface area contributed by atoms with E-state index in [1.165, 1.54) is 6.42 Å². The lowest BCUT2D eigenvalue weighted by atomic mass is 10.3. The predicted molar refractivity (Wildman–Crippen MR) is 86.2 cm³/mol. The molecule has 108 valence electrons. The summed E-state index contributed by atoms with van der Waals surface area (Å²) in [5, 5.41) is 0. The molecule has 2 heteroatoms. The fraction of sp³-hybridized carbons (Fsp3) is 0.588. The molecule has 0 N–H and O–H groups in total. The van der Waals surface area contributed by atoms with Crippen LogP contribution in [0.1, 0.15) is 53.7 Å². The normalized spacial score (nSPS) is 8.37. The first-order valence-electron chi connectivity index (χ1n) is 7.40. The summed E-state index contributed by atoms with van der Waals surface area (Å²) in [4.78, 5) is 6.41. The highest BCUT2D eigenvalue weighted by molar-refractivity contribution is 5.26. The van der Waals surface area contributed by atoms with Crippen LogP contribution in [0.5, 0.6) is 0 Å². The van der Waals surface area contributed by atoms with Gasteiger partial charge in [0.1, 0.15) is 5.69 Å². The molecule has 0 saturated heterocycles.